The summed E-state index contributed by atoms with van der Waals surface area (Å²) < 4.78 is 11.3. The van der Waals surface area contributed by atoms with Crippen LogP contribution >= 0.6 is 0 Å². The monoisotopic (exact) mass is 352 g/mol. The molecule has 0 saturated carbocycles. The molecule has 26 heavy (non-hydrogen) atoms. The summed E-state index contributed by atoms with van der Waals surface area (Å²) in [5.74, 6) is 0.310. The SMILES string of the molecule is Cc1nc(-c2ccccc2)ccc1C(=O)N1CCCC(C2OCCO2)C1. The molecule has 2 saturated heterocycles. The Morgan fingerprint density at radius 3 is 2.62 bits per heavy atom. The zero-order chi connectivity index (χ0) is 17.9. The predicted octanol–water partition coefficient (Wildman–Crippen LogP) is 3.28. The predicted molar refractivity (Wildman–Crippen MR) is 98.7 cm³/mol. The number of ether oxygens (including phenoxy) is 2. The standard InChI is InChI=1S/C21H24N2O3/c1-15-18(9-10-19(22-15)16-6-3-2-4-7-16)20(24)23-11-5-8-17(14-23)21-25-12-13-26-21/h2-4,6-7,9-10,17,21H,5,8,11-14H2,1H3. The lowest BCUT2D eigenvalue weighted by Gasteiger charge is -2.35. The van der Waals surface area contributed by atoms with Crippen molar-refractivity contribution in [1.29, 1.82) is 0 Å². The first kappa shape index (κ1) is 17.2. The summed E-state index contributed by atoms with van der Waals surface area (Å²) in [6, 6.07) is 13.9. The van der Waals surface area contributed by atoms with Crippen molar-refractivity contribution in [3.05, 3.63) is 53.7 Å². The first-order valence-corrected chi connectivity index (χ1v) is 9.28. The molecule has 1 aromatic carbocycles. The number of hydrogen-bond donors (Lipinski definition) is 0. The summed E-state index contributed by atoms with van der Waals surface area (Å²) in [6.07, 6.45) is 1.86. The number of rotatable bonds is 3. The minimum atomic E-state index is -0.162. The van der Waals surface area contributed by atoms with Gasteiger partial charge in [0.2, 0.25) is 0 Å². The minimum absolute atomic E-state index is 0.0531. The fourth-order valence-corrected chi connectivity index (χ4v) is 3.79. The summed E-state index contributed by atoms with van der Waals surface area (Å²) in [5.41, 5.74) is 3.40. The van der Waals surface area contributed by atoms with E-state index in [9.17, 15) is 4.79 Å². The maximum atomic E-state index is 13.0. The number of benzene rings is 1. The van der Waals surface area contributed by atoms with Gasteiger partial charge in [-0.2, -0.15) is 0 Å². The fraction of sp³-hybridized carbons (Fsp3) is 0.429. The van der Waals surface area contributed by atoms with Crippen molar-refractivity contribution in [3.63, 3.8) is 0 Å². The quantitative estimate of drug-likeness (QED) is 0.851. The largest absolute Gasteiger partial charge is 0.350 e. The van der Waals surface area contributed by atoms with E-state index >= 15 is 0 Å². The normalized spacial score (nSPS) is 21.1. The number of nitrogens with zero attached hydrogens (tertiary/aromatic N) is 2. The average Bonchev–Trinajstić information content (AvgIpc) is 3.23. The van der Waals surface area contributed by atoms with E-state index in [1.165, 1.54) is 0 Å². The highest BCUT2D eigenvalue weighted by atomic mass is 16.7. The Hall–Kier alpha value is -2.24. The van der Waals surface area contributed by atoms with Gasteiger partial charge in [-0.15, -0.1) is 0 Å². The molecular formula is C21H24N2O3. The molecule has 0 spiro atoms. The maximum absolute atomic E-state index is 13.0. The molecule has 5 heteroatoms. The lowest BCUT2D eigenvalue weighted by Crippen LogP contribution is -2.44. The van der Waals surface area contributed by atoms with E-state index in [2.05, 4.69) is 4.98 Å². The van der Waals surface area contributed by atoms with Crippen LogP contribution in [0.5, 0.6) is 0 Å². The lowest BCUT2D eigenvalue weighted by molar-refractivity contribution is -0.0969. The molecule has 0 radical (unpaired) electrons. The summed E-state index contributed by atoms with van der Waals surface area (Å²) in [6.45, 7) is 4.67. The van der Waals surface area contributed by atoms with E-state index < -0.39 is 0 Å². The van der Waals surface area contributed by atoms with Crippen LogP contribution in [0.1, 0.15) is 28.9 Å². The number of amides is 1. The van der Waals surface area contributed by atoms with Crippen molar-refractivity contribution in [3.8, 4) is 11.3 Å². The highest BCUT2D eigenvalue weighted by Gasteiger charge is 2.33. The highest BCUT2D eigenvalue weighted by molar-refractivity contribution is 5.95. The number of pyridine rings is 1. The molecule has 0 N–H and O–H groups in total. The lowest BCUT2D eigenvalue weighted by atomic mass is 9.96. The molecule has 1 aromatic heterocycles. The highest BCUT2D eigenvalue weighted by Crippen LogP contribution is 2.27. The zero-order valence-electron chi connectivity index (χ0n) is 15.1. The number of aryl methyl sites for hydroxylation is 1. The van der Waals surface area contributed by atoms with Gasteiger partial charge < -0.3 is 14.4 Å². The van der Waals surface area contributed by atoms with Crippen molar-refractivity contribution >= 4 is 5.91 Å². The van der Waals surface area contributed by atoms with Crippen molar-refractivity contribution in [2.75, 3.05) is 26.3 Å². The van der Waals surface area contributed by atoms with Gasteiger partial charge in [0, 0.05) is 24.6 Å². The van der Waals surface area contributed by atoms with Crippen LogP contribution in [-0.2, 0) is 9.47 Å². The number of piperidine rings is 1. The number of carbonyl (C=O) groups excluding carboxylic acids is 1. The van der Waals surface area contributed by atoms with Crippen molar-refractivity contribution in [1.82, 2.24) is 9.88 Å². The number of likely N-dealkylation sites (tertiary alicyclic amines) is 1. The Balaban J connectivity index is 1.50. The van der Waals surface area contributed by atoms with Gasteiger partial charge in [0.15, 0.2) is 6.29 Å². The van der Waals surface area contributed by atoms with Gasteiger partial charge in [0.05, 0.1) is 30.2 Å². The molecule has 136 valence electrons. The van der Waals surface area contributed by atoms with Gasteiger partial charge in [-0.25, -0.2) is 0 Å². The van der Waals surface area contributed by atoms with Crippen LogP contribution in [0, 0.1) is 12.8 Å². The van der Waals surface area contributed by atoms with Crippen molar-refractivity contribution in [2.45, 2.75) is 26.1 Å². The second kappa shape index (κ2) is 7.56. The van der Waals surface area contributed by atoms with E-state index in [1.54, 1.807) is 0 Å². The van der Waals surface area contributed by atoms with Gasteiger partial charge >= 0.3 is 0 Å². The summed E-state index contributed by atoms with van der Waals surface area (Å²) >= 11 is 0. The van der Waals surface area contributed by atoms with Crippen molar-refractivity contribution in [2.24, 2.45) is 5.92 Å². The molecular weight excluding hydrogens is 328 g/mol. The van der Waals surface area contributed by atoms with Crippen LogP contribution in [-0.4, -0.2) is 48.4 Å². The summed E-state index contributed by atoms with van der Waals surface area (Å²) in [4.78, 5) is 19.6. The van der Waals surface area contributed by atoms with Gasteiger partial charge in [0.1, 0.15) is 0 Å². The third kappa shape index (κ3) is 3.50. The van der Waals surface area contributed by atoms with E-state index in [1.807, 2.05) is 54.3 Å². The Morgan fingerprint density at radius 2 is 1.88 bits per heavy atom. The van der Waals surface area contributed by atoms with Gasteiger partial charge in [0.25, 0.3) is 5.91 Å². The molecule has 3 heterocycles. The summed E-state index contributed by atoms with van der Waals surface area (Å²) in [5, 5.41) is 0. The Labute approximate surface area is 153 Å². The zero-order valence-corrected chi connectivity index (χ0v) is 15.1. The molecule has 2 fully saturated rings. The van der Waals surface area contributed by atoms with E-state index in [-0.39, 0.29) is 18.1 Å². The molecule has 4 rings (SSSR count). The molecule has 0 aliphatic carbocycles. The molecule has 5 nitrogen and oxygen atoms in total. The first-order chi connectivity index (χ1) is 12.7. The Morgan fingerprint density at radius 1 is 1.12 bits per heavy atom. The number of carbonyl (C=O) groups is 1. The smallest absolute Gasteiger partial charge is 0.255 e. The molecule has 2 aromatic rings. The molecule has 2 aliphatic rings. The van der Waals surface area contributed by atoms with Crippen LogP contribution < -0.4 is 0 Å². The average molecular weight is 352 g/mol. The number of aromatic nitrogens is 1. The van der Waals surface area contributed by atoms with Gasteiger partial charge in [-0.1, -0.05) is 30.3 Å². The van der Waals surface area contributed by atoms with E-state index in [4.69, 9.17) is 9.47 Å². The maximum Gasteiger partial charge on any atom is 0.255 e. The Bertz CT molecular complexity index is 772. The van der Waals surface area contributed by atoms with Crippen LogP contribution in [0.2, 0.25) is 0 Å². The minimum Gasteiger partial charge on any atom is -0.350 e. The molecule has 1 amide bonds. The van der Waals surface area contributed by atoms with Crippen LogP contribution in [0.15, 0.2) is 42.5 Å². The van der Waals surface area contributed by atoms with Crippen LogP contribution in [0.25, 0.3) is 11.3 Å². The Kier molecular flexibility index (Phi) is 5.00. The molecule has 1 unspecified atom stereocenters. The molecule has 1 atom stereocenters. The fourth-order valence-electron chi connectivity index (χ4n) is 3.79. The van der Waals surface area contributed by atoms with E-state index in [0.717, 1.165) is 36.3 Å². The summed E-state index contributed by atoms with van der Waals surface area (Å²) in [7, 11) is 0. The van der Waals surface area contributed by atoms with E-state index in [0.29, 0.717) is 25.3 Å². The first-order valence-electron chi connectivity index (χ1n) is 9.28. The molecule has 0 bridgehead atoms. The second-order valence-corrected chi connectivity index (χ2v) is 6.96. The topological polar surface area (TPSA) is 51.7 Å². The molecule has 2 aliphatic heterocycles. The van der Waals surface area contributed by atoms with Gasteiger partial charge in [-0.05, 0) is 31.9 Å². The third-order valence-corrected chi connectivity index (χ3v) is 5.16. The second-order valence-electron chi connectivity index (χ2n) is 6.96. The van der Waals surface area contributed by atoms with Crippen LogP contribution in [0.3, 0.4) is 0 Å². The van der Waals surface area contributed by atoms with Gasteiger partial charge in [-0.3, -0.25) is 9.78 Å². The van der Waals surface area contributed by atoms with Crippen molar-refractivity contribution < 1.29 is 14.3 Å². The van der Waals surface area contributed by atoms with Crippen LogP contribution in [0.4, 0.5) is 0 Å². The third-order valence-electron chi connectivity index (χ3n) is 5.16. The number of hydrogen-bond acceptors (Lipinski definition) is 4.